The Kier molecular flexibility index (Phi) is 5.17. The maximum atomic E-state index is 13.2. The van der Waals surface area contributed by atoms with Crippen LogP contribution in [0, 0.1) is 6.92 Å². The van der Waals surface area contributed by atoms with Gasteiger partial charge in [0.2, 0.25) is 11.8 Å². The van der Waals surface area contributed by atoms with Crippen molar-refractivity contribution < 1.29 is 9.59 Å². The van der Waals surface area contributed by atoms with E-state index in [-0.39, 0.29) is 17.9 Å². The van der Waals surface area contributed by atoms with Gasteiger partial charge in [-0.25, -0.2) is 0 Å². The van der Waals surface area contributed by atoms with Crippen LogP contribution in [0.5, 0.6) is 0 Å². The van der Waals surface area contributed by atoms with E-state index >= 15 is 0 Å². The summed E-state index contributed by atoms with van der Waals surface area (Å²) >= 11 is 0. The lowest BCUT2D eigenvalue weighted by Crippen LogP contribution is -2.47. The van der Waals surface area contributed by atoms with Crippen LogP contribution in [-0.2, 0) is 9.59 Å². The molecule has 3 heterocycles. The highest BCUT2D eigenvalue weighted by Gasteiger charge is 2.31. The number of piperidine rings is 1. The SMILES string of the molecule is Cc1cnn(C2CCN(CC(=O)N3c4ccccc4NC(=O)CC3C)CC2)c1. The first-order valence-electron chi connectivity index (χ1n) is 9.95. The Morgan fingerprint density at radius 2 is 2.00 bits per heavy atom. The molecular formula is C21H27N5O2. The van der Waals surface area contributed by atoms with Gasteiger partial charge < -0.3 is 10.2 Å². The van der Waals surface area contributed by atoms with Crippen LogP contribution in [0.1, 0.15) is 37.8 Å². The molecule has 1 N–H and O–H groups in total. The molecule has 2 aliphatic heterocycles. The number of hydrogen-bond donors (Lipinski definition) is 1. The summed E-state index contributed by atoms with van der Waals surface area (Å²) < 4.78 is 2.05. The number of rotatable bonds is 3. The van der Waals surface area contributed by atoms with E-state index < -0.39 is 0 Å². The zero-order valence-electron chi connectivity index (χ0n) is 16.5. The van der Waals surface area contributed by atoms with Crippen molar-refractivity contribution in [1.29, 1.82) is 0 Å². The number of carbonyl (C=O) groups excluding carboxylic acids is 2. The number of amides is 2. The number of aryl methyl sites for hydroxylation is 1. The third-order valence-electron chi connectivity index (χ3n) is 5.65. The molecule has 1 saturated heterocycles. The zero-order valence-corrected chi connectivity index (χ0v) is 16.5. The first kappa shape index (κ1) is 18.7. The molecule has 0 saturated carbocycles. The summed E-state index contributed by atoms with van der Waals surface area (Å²) in [5.74, 6) is -0.00425. The lowest BCUT2D eigenvalue weighted by Gasteiger charge is -2.34. The Morgan fingerprint density at radius 3 is 2.71 bits per heavy atom. The average molecular weight is 381 g/mol. The van der Waals surface area contributed by atoms with Crippen molar-refractivity contribution in [2.75, 3.05) is 29.9 Å². The number of nitrogens with zero attached hydrogens (tertiary/aromatic N) is 4. The van der Waals surface area contributed by atoms with Crippen molar-refractivity contribution in [2.24, 2.45) is 0 Å². The van der Waals surface area contributed by atoms with Crippen molar-refractivity contribution >= 4 is 23.2 Å². The minimum atomic E-state index is -0.166. The van der Waals surface area contributed by atoms with E-state index in [9.17, 15) is 9.59 Å². The van der Waals surface area contributed by atoms with E-state index in [0.29, 0.717) is 24.7 Å². The smallest absolute Gasteiger partial charge is 0.241 e. The lowest BCUT2D eigenvalue weighted by atomic mass is 10.1. The number of hydrogen-bond acceptors (Lipinski definition) is 4. The Labute approximate surface area is 165 Å². The van der Waals surface area contributed by atoms with Crippen LogP contribution in [0.25, 0.3) is 0 Å². The highest BCUT2D eigenvalue weighted by Crippen LogP contribution is 2.31. The predicted molar refractivity (Wildman–Crippen MR) is 108 cm³/mol. The fraction of sp³-hybridized carbons (Fsp3) is 0.476. The molecule has 0 aliphatic carbocycles. The van der Waals surface area contributed by atoms with Crippen molar-refractivity contribution in [2.45, 2.75) is 45.2 Å². The minimum Gasteiger partial charge on any atom is -0.324 e. The standard InChI is InChI=1S/C21H27N5O2/c1-15-12-22-25(13-15)17-7-9-24(10-8-17)14-21(28)26-16(2)11-20(27)23-18-5-3-4-6-19(18)26/h3-6,12-13,16-17H,7-11,14H2,1-2H3,(H,23,27). The maximum Gasteiger partial charge on any atom is 0.241 e. The van der Waals surface area contributed by atoms with Gasteiger partial charge in [0, 0.05) is 31.7 Å². The molecule has 7 nitrogen and oxygen atoms in total. The third kappa shape index (κ3) is 3.80. The largest absolute Gasteiger partial charge is 0.324 e. The molecule has 1 aromatic carbocycles. The third-order valence-corrected chi connectivity index (χ3v) is 5.65. The van der Waals surface area contributed by atoms with Gasteiger partial charge >= 0.3 is 0 Å². The van der Waals surface area contributed by atoms with E-state index in [4.69, 9.17) is 0 Å². The molecule has 148 valence electrons. The van der Waals surface area contributed by atoms with Gasteiger partial charge in [-0.2, -0.15) is 5.10 Å². The molecule has 1 aromatic heterocycles. The lowest BCUT2D eigenvalue weighted by molar-refractivity contribution is -0.120. The van der Waals surface area contributed by atoms with Crippen LogP contribution >= 0.6 is 0 Å². The summed E-state index contributed by atoms with van der Waals surface area (Å²) in [5.41, 5.74) is 2.67. The van der Waals surface area contributed by atoms with Crippen molar-refractivity contribution in [3.8, 4) is 0 Å². The number of anilines is 2. The summed E-state index contributed by atoms with van der Waals surface area (Å²) in [4.78, 5) is 29.3. The van der Waals surface area contributed by atoms with E-state index in [1.54, 1.807) is 4.90 Å². The van der Waals surface area contributed by atoms with Gasteiger partial charge in [-0.15, -0.1) is 0 Å². The molecular weight excluding hydrogens is 354 g/mol. The maximum absolute atomic E-state index is 13.2. The first-order chi connectivity index (χ1) is 13.5. The minimum absolute atomic E-state index is 0.0461. The number of nitrogens with one attached hydrogen (secondary N) is 1. The van der Waals surface area contributed by atoms with E-state index in [2.05, 4.69) is 33.1 Å². The van der Waals surface area contributed by atoms with Crippen LogP contribution in [0.15, 0.2) is 36.7 Å². The summed E-state index contributed by atoms with van der Waals surface area (Å²) in [6.45, 7) is 6.10. The average Bonchev–Trinajstić information content (AvgIpc) is 3.04. The number of carbonyl (C=O) groups is 2. The van der Waals surface area contributed by atoms with Gasteiger partial charge in [0.1, 0.15) is 0 Å². The topological polar surface area (TPSA) is 70.5 Å². The number of fused-ring (bicyclic) bond motifs is 1. The van der Waals surface area contributed by atoms with Crippen LogP contribution in [0.3, 0.4) is 0 Å². The van der Waals surface area contributed by atoms with Crippen molar-refractivity contribution in [3.05, 3.63) is 42.2 Å². The summed E-state index contributed by atoms with van der Waals surface area (Å²) in [6.07, 6.45) is 6.26. The molecule has 0 spiro atoms. The molecule has 0 bridgehead atoms. The van der Waals surface area contributed by atoms with Gasteiger partial charge in [-0.3, -0.25) is 19.2 Å². The fourth-order valence-corrected chi connectivity index (χ4v) is 4.21. The summed E-state index contributed by atoms with van der Waals surface area (Å²) in [6, 6.07) is 7.77. The Bertz CT molecular complexity index is 869. The highest BCUT2D eigenvalue weighted by atomic mass is 16.2. The Hall–Kier alpha value is -2.67. The van der Waals surface area contributed by atoms with E-state index in [1.165, 1.54) is 5.56 Å². The molecule has 2 aliphatic rings. The second-order valence-electron chi connectivity index (χ2n) is 7.89. The highest BCUT2D eigenvalue weighted by molar-refractivity contribution is 6.04. The number of likely N-dealkylation sites (tertiary alicyclic amines) is 1. The quantitative estimate of drug-likeness (QED) is 0.887. The fourth-order valence-electron chi connectivity index (χ4n) is 4.21. The molecule has 1 fully saturated rings. The van der Waals surface area contributed by atoms with Crippen molar-refractivity contribution in [1.82, 2.24) is 14.7 Å². The second kappa shape index (κ2) is 7.75. The van der Waals surface area contributed by atoms with E-state index in [0.717, 1.165) is 31.6 Å². The van der Waals surface area contributed by atoms with Gasteiger partial charge in [0.25, 0.3) is 0 Å². The predicted octanol–water partition coefficient (Wildman–Crippen LogP) is 2.59. The van der Waals surface area contributed by atoms with Crippen molar-refractivity contribution in [3.63, 3.8) is 0 Å². The van der Waals surface area contributed by atoms with Crippen LogP contribution in [0.2, 0.25) is 0 Å². The van der Waals surface area contributed by atoms with Crippen LogP contribution < -0.4 is 10.2 Å². The molecule has 1 unspecified atom stereocenters. The molecule has 0 radical (unpaired) electrons. The molecule has 2 aromatic rings. The van der Waals surface area contributed by atoms with Gasteiger partial charge in [0.05, 0.1) is 30.2 Å². The Balaban J connectivity index is 1.43. The first-order valence-corrected chi connectivity index (χ1v) is 9.95. The zero-order chi connectivity index (χ0) is 19.7. The van der Waals surface area contributed by atoms with Gasteiger partial charge in [0.15, 0.2) is 0 Å². The van der Waals surface area contributed by atoms with Crippen LogP contribution in [0.4, 0.5) is 11.4 Å². The monoisotopic (exact) mass is 381 g/mol. The van der Waals surface area contributed by atoms with Gasteiger partial charge in [-0.1, -0.05) is 12.1 Å². The number of benzene rings is 1. The summed E-state index contributed by atoms with van der Waals surface area (Å²) in [7, 11) is 0. The molecule has 1 atom stereocenters. The molecule has 4 rings (SSSR count). The van der Waals surface area contributed by atoms with Crippen LogP contribution in [-0.4, -0.2) is 52.2 Å². The Morgan fingerprint density at radius 1 is 1.25 bits per heavy atom. The normalized spacial score (nSPS) is 21.1. The number of aromatic nitrogens is 2. The molecule has 28 heavy (non-hydrogen) atoms. The van der Waals surface area contributed by atoms with E-state index in [1.807, 2.05) is 37.4 Å². The second-order valence-corrected chi connectivity index (χ2v) is 7.89. The molecule has 7 heteroatoms. The molecule has 2 amide bonds. The number of para-hydroxylation sites is 2. The summed E-state index contributed by atoms with van der Waals surface area (Å²) in [5, 5.41) is 7.35. The van der Waals surface area contributed by atoms with Gasteiger partial charge in [-0.05, 0) is 44.4 Å².